The number of nitrogens with one attached hydrogen (secondary N) is 2. The third-order valence-corrected chi connectivity index (χ3v) is 5.32. The molecule has 2 aromatic rings. The van der Waals surface area contributed by atoms with Crippen LogP contribution in [0.5, 0.6) is 17.2 Å². The van der Waals surface area contributed by atoms with Gasteiger partial charge < -0.3 is 24.8 Å². The maximum atomic E-state index is 5.55. The van der Waals surface area contributed by atoms with E-state index >= 15 is 0 Å². The number of hydrogen-bond acceptors (Lipinski definition) is 6. The monoisotopic (exact) mass is 406 g/mol. The van der Waals surface area contributed by atoms with Crippen LogP contribution in [-0.4, -0.2) is 45.4 Å². The van der Waals surface area contributed by atoms with E-state index < -0.39 is 0 Å². The lowest BCUT2D eigenvalue weighted by Gasteiger charge is -2.16. The summed E-state index contributed by atoms with van der Waals surface area (Å²) in [6.07, 6.45) is 0.753. The molecule has 0 spiro atoms. The summed E-state index contributed by atoms with van der Waals surface area (Å²) < 4.78 is 16.3. The van der Waals surface area contributed by atoms with Crippen LogP contribution in [0.3, 0.4) is 0 Å². The molecule has 0 saturated carbocycles. The highest BCUT2D eigenvalue weighted by atomic mass is 32.1. The zero-order chi connectivity index (χ0) is 20.5. The molecule has 1 aromatic heterocycles. The summed E-state index contributed by atoms with van der Waals surface area (Å²) in [5, 5.41) is 7.66. The van der Waals surface area contributed by atoms with Crippen LogP contribution in [-0.2, 0) is 13.0 Å². The van der Waals surface area contributed by atoms with Gasteiger partial charge in [-0.3, -0.25) is 0 Å². The molecule has 2 N–H and O–H groups in total. The van der Waals surface area contributed by atoms with E-state index in [2.05, 4.69) is 27.5 Å². The van der Waals surface area contributed by atoms with Gasteiger partial charge in [0.15, 0.2) is 17.5 Å². The second-order valence-corrected chi connectivity index (χ2v) is 7.40. The molecule has 0 radical (unpaired) electrons. The van der Waals surface area contributed by atoms with Gasteiger partial charge in [0.2, 0.25) is 5.75 Å². The largest absolute Gasteiger partial charge is 0.493 e. The molecule has 0 bridgehead atoms. The van der Waals surface area contributed by atoms with Crippen molar-refractivity contribution in [1.29, 1.82) is 0 Å². The van der Waals surface area contributed by atoms with Gasteiger partial charge in [-0.25, -0.2) is 9.98 Å². The van der Waals surface area contributed by atoms with Crippen LogP contribution in [0.15, 0.2) is 17.1 Å². The number of nitrogens with zero attached hydrogens (tertiary/aromatic N) is 2. The lowest BCUT2D eigenvalue weighted by molar-refractivity contribution is 0.322. The van der Waals surface area contributed by atoms with E-state index in [4.69, 9.17) is 14.2 Å². The fourth-order valence-electron chi connectivity index (χ4n) is 2.77. The fourth-order valence-corrected chi connectivity index (χ4v) is 3.63. The molecule has 7 nitrogen and oxygen atoms in total. The number of aromatic nitrogens is 1. The third-order valence-electron chi connectivity index (χ3n) is 4.26. The Balaban J connectivity index is 2.03. The first-order chi connectivity index (χ1) is 13.5. The molecule has 0 unspecified atom stereocenters. The van der Waals surface area contributed by atoms with Crippen LogP contribution < -0.4 is 24.8 Å². The molecule has 0 aliphatic rings. The summed E-state index contributed by atoms with van der Waals surface area (Å²) in [5.74, 6) is 2.73. The highest BCUT2D eigenvalue weighted by molar-refractivity contribution is 7.11. The van der Waals surface area contributed by atoms with Gasteiger partial charge in [0, 0.05) is 23.5 Å². The van der Waals surface area contributed by atoms with Gasteiger partial charge in [-0.2, -0.15) is 0 Å². The molecule has 0 saturated heterocycles. The average Bonchev–Trinajstić information content (AvgIpc) is 3.02. The Labute approximate surface area is 171 Å². The van der Waals surface area contributed by atoms with Crippen LogP contribution in [0.1, 0.15) is 28.1 Å². The quantitative estimate of drug-likeness (QED) is 0.492. The van der Waals surface area contributed by atoms with Crippen molar-refractivity contribution in [2.45, 2.75) is 33.7 Å². The van der Waals surface area contributed by atoms with Crippen molar-refractivity contribution in [3.8, 4) is 17.2 Å². The minimum absolute atomic E-state index is 0.564. The zero-order valence-corrected chi connectivity index (χ0v) is 18.3. The first kappa shape index (κ1) is 21.8. The third kappa shape index (κ3) is 5.51. The lowest BCUT2D eigenvalue weighted by Crippen LogP contribution is -2.38. The highest BCUT2D eigenvalue weighted by Crippen LogP contribution is 2.39. The Morgan fingerprint density at radius 3 is 2.39 bits per heavy atom. The van der Waals surface area contributed by atoms with Gasteiger partial charge in [0.25, 0.3) is 0 Å². The minimum atomic E-state index is 0.564. The molecular weight excluding hydrogens is 376 g/mol. The molecule has 2 rings (SSSR count). The number of aryl methyl sites for hydroxylation is 2. The fraction of sp³-hybridized carbons (Fsp3) is 0.500. The summed E-state index contributed by atoms with van der Waals surface area (Å²) in [7, 11) is 4.86. The molecule has 0 aliphatic carbocycles. The second kappa shape index (κ2) is 10.8. The lowest BCUT2D eigenvalue weighted by atomic mass is 10.1. The number of rotatable bonds is 9. The van der Waals surface area contributed by atoms with Gasteiger partial charge >= 0.3 is 0 Å². The van der Waals surface area contributed by atoms with Crippen LogP contribution in [0, 0.1) is 13.8 Å². The Kier molecular flexibility index (Phi) is 8.38. The summed E-state index contributed by atoms with van der Waals surface area (Å²) >= 11 is 1.69. The van der Waals surface area contributed by atoms with Crippen molar-refractivity contribution in [2.75, 3.05) is 34.4 Å². The maximum absolute atomic E-state index is 5.55. The summed E-state index contributed by atoms with van der Waals surface area (Å²) in [6, 6.07) is 3.89. The number of aliphatic imine (C=N–C) groups is 1. The molecule has 0 atom stereocenters. The van der Waals surface area contributed by atoms with Crippen molar-refractivity contribution >= 4 is 17.3 Å². The maximum Gasteiger partial charge on any atom is 0.203 e. The molecule has 28 heavy (non-hydrogen) atoms. The first-order valence-corrected chi connectivity index (χ1v) is 10.1. The van der Waals surface area contributed by atoms with E-state index in [1.807, 2.05) is 26.0 Å². The Morgan fingerprint density at radius 1 is 1.07 bits per heavy atom. The molecule has 154 valence electrons. The number of methoxy groups -OCH3 is 3. The molecular formula is C20H30N4O3S. The van der Waals surface area contributed by atoms with Crippen LogP contribution in [0.4, 0.5) is 0 Å². The Morgan fingerprint density at radius 2 is 1.82 bits per heavy atom. The van der Waals surface area contributed by atoms with E-state index in [0.29, 0.717) is 30.3 Å². The minimum Gasteiger partial charge on any atom is -0.493 e. The summed E-state index contributed by atoms with van der Waals surface area (Å²) in [5.41, 5.74) is 2.11. The van der Waals surface area contributed by atoms with E-state index in [0.717, 1.165) is 35.2 Å². The van der Waals surface area contributed by atoms with Crippen molar-refractivity contribution in [3.63, 3.8) is 0 Å². The first-order valence-electron chi connectivity index (χ1n) is 9.26. The van der Waals surface area contributed by atoms with Crippen LogP contribution >= 0.6 is 11.3 Å². The standard InChI is InChI=1S/C20H30N4O3S/c1-7-21-20(23-12-17-24-13(2)14(3)28-17)22-11-10-15-8-9-16(25-4)19(27-6)18(15)26-5/h8-9H,7,10-12H2,1-6H3,(H2,21,22,23). The number of thiazole rings is 1. The normalized spacial score (nSPS) is 11.3. The van der Waals surface area contributed by atoms with Crippen molar-refractivity contribution in [2.24, 2.45) is 4.99 Å². The van der Waals surface area contributed by atoms with Gasteiger partial charge in [0.05, 0.1) is 33.6 Å². The van der Waals surface area contributed by atoms with Gasteiger partial charge in [-0.1, -0.05) is 6.07 Å². The molecule has 8 heteroatoms. The van der Waals surface area contributed by atoms with Crippen LogP contribution in [0.25, 0.3) is 0 Å². The predicted molar refractivity (Wildman–Crippen MR) is 114 cm³/mol. The van der Waals surface area contributed by atoms with Crippen molar-refractivity contribution < 1.29 is 14.2 Å². The van der Waals surface area contributed by atoms with E-state index in [1.165, 1.54) is 4.88 Å². The predicted octanol–water partition coefficient (Wildman–Crippen LogP) is 3.08. The Hall–Kier alpha value is -2.48. The molecule has 0 aliphatic heterocycles. The number of benzene rings is 1. The average molecular weight is 407 g/mol. The van der Waals surface area contributed by atoms with E-state index in [1.54, 1.807) is 32.7 Å². The SMILES string of the molecule is CCNC(=NCc1nc(C)c(C)s1)NCCc1ccc(OC)c(OC)c1OC. The number of ether oxygens (including phenoxy) is 3. The van der Waals surface area contributed by atoms with Gasteiger partial charge in [-0.05, 0) is 33.3 Å². The van der Waals surface area contributed by atoms with Crippen molar-refractivity contribution in [3.05, 3.63) is 33.3 Å². The smallest absolute Gasteiger partial charge is 0.203 e. The van der Waals surface area contributed by atoms with Crippen LogP contribution in [0.2, 0.25) is 0 Å². The molecule has 1 aromatic carbocycles. The second-order valence-electron chi connectivity index (χ2n) is 6.11. The Bertz CT molecular complexity index is 785. The highest BCUT2D eigenvalue weighted by Gasteiger charge is 2.15. The molecule has 1 heterocycles. The van der Waals surface area contributed by atoms with E-state index in [9.17, 15) is 0 Å². The summed E-state index contributed by atoms with van der Waals surface area (Å²) in [6.45, 7) is 8.22. The summed E-state index contributed by atoms with van der Waals surface area (Å²) in [4.78, 5) is 10.4. The zero-order valence-electron chi connectivity index (χ0n) is 17.5. The van der Waals surface area contributed by atoms with Gasteiger partial charge in [-0.15, -0.1) is 11.3 Å². The van der Waals surface area contributed by atoms with Crippen molar-refractivity contribution in [1.82, 2.24) is 15.6 Å². The molecule has 0 fully saturated rings. The van der Waals surface area contributed by atoms with Gasteiger partial charge in [0.1, 0.15) is 5.01 Å². The molecule has 0 amide bonds. The number of guanidine groups is 1. The topological polar surface area (TPSA) is 77.0 Å². The number of hydrogen-bond donors (Lipinski definition) is 2. The van der Waals surface area contributed by atoms with E-state index in [-0.39, 0.29) is 0 Å².